The number of hydrogen-bond donors (Lipinski definition) is 0. The maximum atomic E-state index is 4.62. The molecule has 0 radical (unpaired) electrons. The number of imidazole rings is 1. The van der Waals surface area contributed by atoms with Crippen molar-refractivity contribution in [2.75, 3.05) is 0 Å². The summed E-state index contributed by atoms with van der Waals surface area (Å²) in [4.78, 5) is 4.62. The van der Waals surface area contributed by atoms with Crippen molar-refractivity contribution < 1.29 is 0 Å². The van der Waals surface area contributed by atoms with Gasteiger partial charge in [-0.1, -0.05) is 84.1 Å². The fourth-order valence-electron chi connectivity index (χ4n) is 3.99. The minimum atomic E-state index is 0.802. The van der Waals surface area contributed by atoms with Crippen LogP contribution in [0.15, 0.2) is 24.5 Å². The van der Waals surface area contributed by atoms with Gasteiger partial charge in [-0.2, -0.15) is 0 Å². The Morgan fingerprint density at radius 2 is 1.46 bits per heavy atom. The highest BCUT2D eigenvalue weighted by Crippen LogP contribution is 2.23. The molecule has 0 fully saturated rings. The number of aromatic nitrogens is 2. The van der Waals surface area contributed by atoms with Crippen molar-refractivity contribution in [1.29, 1.82) is 0 Å². The summed E-state index contributed by atoms with van der Waals surface area (Å²) >= 11 is 0. The fraction of sp³-hybridized carbons (Fsp3) is 0.708. The first-order chi connectivity index (χ1) is 12.7. The van der Waals surface area contributed by atoms with E-state index in [1.165, 1.54) is 88.1 Å². The van der Waals surface area contributed by atoms with Gasteiger partial charge < -0.3 is 4.57 Å². The van der Waals surface area contributed by atoms with Crippen LogP contribution in [-0.4, -0.2) is 9.55 Å². The average molecular weight is 357 g/mol. The third-order valence-electron chi connectivity index (χ3n) is 5.66. The minimum Gasteiger partial charge on any atom is -0.330 e. The summed E-state index contributed by atoms with van der Waals surface area (Å²) in [7, 11) is 0. The number of rotatable bonds is 14. The van der Waals surface area contributed by atoms with Gasteiger partial charge in [0.1, 0.15) is 0 Å². The molecule has 2 aromatic rings. The van der Waals surface area contributed by atoms with Gasteiger partial charge >= 0.3 is 0 Å². The van der Waals surface area contributed by atoms with E-state index in [1.54, 1.807) is 0 Å². The van der Waals surface area contributed by atoms with Crippen molar-refractivity contribution in [2.24, 2.45) is 5.92 Å². The average Bonchev–Trinajstić information content (AvgIpc) is 3.03. The van der Waals surface area contributed by atoms with E-state index in [9.17, 15) is 0 Å². The Balaban J connectivity index is 1.89. The second-order valence-electron chi connectivity index (χ2n) is 8.16. The van der Waals surface area contributed by atoms with Crippen LogP contribution >= 0.6 is 0 Å². The molecule has 1 aromatic carbocycles. The lowest BCUT2D eigenvalue weighted by Crippen LogP contribution is -2.11. The van der Waals surface area contributed by atoms with Crippen LogP contribution in [0, 0.1) is 12.8 Å². The molecule has 0 N–H and O–H groups in total. The monoisotopic (exact) mass is 356 g/mol. The van der Waals surface area contributed by atoms with Gasteiger partial charge in [-0.25, -0.2) is 4.98 Å². The highest BCUT2D eigenvalue weighted by molar-refractivity contribution is 5.75. The quantitative estimate of drug-likeness (QED) is 0.317. The van der Waals surface area contributed by atoms with E-state index in [2.05, 4.69) is 54.8 Å². The van der Waals surface area contributed by atoms with Crippen molar-refractivity contribution in [2.45, 2.75) is 104 Å². The fourth-order valence-corrected chi connectivity index (χ4v) is 3.99. The van der Waals surface area contributed by atoms with Crippen LogP contribution in [0.4, 0.5) is 0 Å². The van der Waals surface area contributed by atoms with Gasteiger partial charge in [-0.05, 0) is 43.4 Å². The number of aryl methyl sites for hydroxylation is 1. The van der Waals surface area contributed by atoms with E-state index in [0.29, 0.717) is 0 Å². The van der Waals surface area contributed by atoms with Gasteiger partial charge in [0.25, 0.3) is 0 Å². The molecule has 146 valence electrons. The van der Waals surface area contributed by atoms with Crippen LogP contribution in [0.25, 0.3) is 11.0 Å². The lowest BCUT2D eigenvalue weighted by atomic mass is 9.94. The summed E-state index contributed by atoms with van der Waals surface area (Å²) in [6.07, 6.45) is 18.7. The molecule has 0 aliphatic rings. The van der Waals surface area contributed by atoms with Crippen LogP contribution in [0.3, 0.4) is 0 Å². The molecule has 0 aliphatic carbocycles. The van der Waals surface area contributed by atoms with E-state index in [-0.39, 0.29) is 0 Å². The first-order valence-corrected chi connectivity index (χ1v) is 11.2. The zero-order valence-corrected chi connectivity index (χ0v) is 17.5. The van der Waals surface area contributed by atoms with Gasteiger partial charge in [0.15, 0.2) is 0 Å². The SMILES string of the molecule is CCCCCCCCC(CCCCCC)Cn1cnc2ccc(C)cc21. The van der Waals surface area contributed by atoms with Crippen LogP contribution < -0.4 is 0 Å². The molecule has 0 amide bonds. The first kappa shape index (κ1) is 21.0. The Morgan fingerprint density at radius 1 is 0.846 bits per heavy atom. The van der Waals surface area contributed by atoms with Crippen molar-refractivity contribution in [3.05, 3.63) is 30.1 Å². The Labute approximate surface area is 161 Å². The molecule has 2 nitrogen and oxygen atoms in total. The molecular formula is C24H40N2. The smallest absolute Gasteiger partial charge is 0.0958 e. The summed E-state index contributed by atoms with van der Waals surface area (Å²) < 4.78 is 2.41. The van der Waals surface area contributed by atoms with E-state index >= 15 is 0 Å². The van der Waals surface area contributed by atoms with Crippen molar-refractivity contribution in [3.8, 4) is 0 Å². The van der Waals surface area contributed by atoms with Crippen LogP contribution in [0.1, 0.15) is 96.5 Å². The third-order valence-corrected chi connectivity index (χ3v) is 5.66. The second kappa shape index (κ2) is 12.1. The predicted molar refractivity (Wildman–Crippen MR) is 115 cm³/mol. The molecule has 2 heteroatoms. The molecule has 0 saturated carbocycles. The predicted octanol–water partition coefficient (Wildman–Crippen LogP) is 7.68. The Bertz CT molecular complexity index is 614. The standard InChI is InChI=1S/C24H40N2/c1-4-6-8-10-11-13-15-22(14-12-9-7-5-2)19-26-20-25-23-17-16-21(3)18-24(23)26/h16-18,20,22H,4-15,19H2,1-3H3. The van der Waals surface area contributed by atoms with Crippen LogP contribution in [0.5, 0.6) is 0 Å². The lowest BCUT2D eigenvalue weighted by molar-refractivity contribution is 0.361. The first-order valence-electron chi connectivity index (χ1n) is 11.2. The van der Waals surface area contributed by atoms with Gasteiger partial charge in [0.2, 0.25) is 0 Å². The van der Waals surface area contributed by atoms with Crippen LogP contribution in [0.2, 0.25) is 0 Å². The summed E-state index contributed by atoms with van der Waals surface area (Å²) in [6.45, 7) is 7.91. The number of hydrogen-bond acceptors (Lipinski definition) is 1. The maximum absolute atomic E-state index is 4.62. The molecule has 0 saturated heterocycles. The summed E-state index contributed by atoms with van der Waals surface area (Å²) in [5.74, 6) is 0.802. The van der Waals surface area contributed by atoms with Gasteiger partial charge in [0.05, 0.1) is 17.4 Å². The van der Waals surface area contributed by atoms with Gasteiger partial charge in [-0.15, -0.1) is 0 Å². The van der Waals surface area contributed by atoms with E-state index in [1.807, 2.05) is 0 Å². The summed E-state index contributed by atoms with van der Waals surface area (Å²) in [5.41, 5.74) is 3.78. The van der Waals surface area contributed by atoms with Gasteiger partial charge in [-0.3, -0.25) is 0 Å². The van der Waals surface area contributed by atoms with E-state index < -0.39 is 0 Å². The highest BCUT2D eigenvalue weighted by Gasteiger charge is 2.12. The zero-order chi connectivity index (χ0) is 18.6. The number of unbranched alkanes of at least 4 members (excludes halogenated alkanes) is 8. The topological polar surface area (TPSA) is 17.8 Å². The Kier molecular flexibility index (Phi) is 9.81. The van der Waals surface area contributed by atoms with E-state index in [4.69, 9.17) is 0 Å². The number of benzene rings is 1. The number of fused-ring (bicyclic) bond motifs is 1. The van der Waals surface area contributed by atoms with Crippen molar-refractivity contribution >= 4 is 11.0 Å². The molecule has 0 aliphatic heterocycles. The Hall–Kier alpha value is -1.31. The molecular weight excluding hydrogens is 316 g/mol. The summed E-state index contributed by atoms with van der Waals surface area (Å²) in [6, 6.07) is 6.62. The number of nitrogens with zero attached hydrogens (tertiary/aromatic N) is 2. The van der Waals surface area contributed by atoms with Crippen molar-refractivity contribution in [1.82, 2.24) is 9.55 Å². The molecule has 1 aromatic heterocycles. The summed E-state index contributed by atoms with van der Waals surface area (Å²) in [5, 5.41) is 0. The molecule has 0 spiro atoms. The molecule has 1 unspecified atom stereocenters. The third kappa shape index (κ3) is 7.13. The van der Waals surface area contributed by atoms with Crippen molar-refractivity contribution in [3.63, 3.8) is 0 Å². The molecule has 26 heavy (non-hydrogen) atoms. The molecule has 1 atom stereocenters. The van der Waals surface area contributed by atoms with Crippen LogP contribution in [-0.2, 0) is 6.54 Å². The maximum Gasteiger partial charge on any atom is 0.0958 e. The minimum absolute atomic E-state index is 0.802. The zero-order valence-electron chi connectivity index (χ0n) is 17.5. The molecule has 0 bridgehead atoms. The Morgan fingerprint density at radius 3 is 2.15 bits per heavy atom. The normalized spacial score (nSPS) is 12.7. The largest absolute Gasteiger partial charge is 0.330 e. The molecule has 1 heterocycles. The second-order valence-corrected chi connectivity index (χ2v) is 8.16. The lowest BCUT2D eigenvalue weighted by Gasteiger charge is -2.18. The van der Waals surface area contributed by atoms with E-state index in [0.717, 1.165) is 18.0 Å². The highest BCUT2D eigenvalue weighted by atomic mass is 15.0. The molecule has 2 rings (SSSR count). The van der Waals surface area contributed by atoms with Gasteiger partial charge in [0, 0.05) is 6.54 Å².